The minimum Gasteiger partial charge on any atom is -0.332 e. The molecule has 0 amide bonds. The number of rotatable bonds is 2. The molecule has 29 heavy (non-hydrogen) atoms. The van der Waals surface area contributed by atoms with Crippen molar-refractivity contribution in [2.24, 2.45) is 21.2 Å². The lowest BCUT2D eigenvalue weighted by Gasteiger charge is -2.45. The normalized spacial score (nSPS) is 24.7. The third-order valence-corrected chi connectivity index (χ3v) is 7.94. The molecule has 168 valence electrons. The summed E-state index contributed by atoms with van der Waals surface area (Å²) in [5.41, 5.74) is 2.43. The maximum Gasteiger partial charge on any atom is 0.216 e. The second-order valence-electron chi connectivity index (χ2n) is 12.8. The highest BCUT2D eigenvalue weighted by molar-refractivity contribution is 7.90. The molecule has 6 heteroatoms. The van der Waals surface area contributed by atoms with E-state index in [1.165, 1.54) is 11.3 Å². The first-order valence-corrected chi connectivity index (χ1v) is 12.3. The van der Waals surface area contributed by atoms with Gasteiger partial charge >= 0.3 is 0 Å². The van der Waals surface area contributed by atoms with Crippen LogP contribution >= 0.6 is 0 Å². The zero-order chi connectivity index (χ0) is 22.8. The lowest BCUT2D eigenvalue weighted by atomic mass is 9.70. The summed E-state index contributed by atoms with van der Waals surface area (Å²) < 4.78 is 27.8. The van der Waals surface area contributed by atoms with Crippen molar-refractivity contribution in [3.8, 4) is 0 Å². The summed E-state index contributed by atoms with van der Waals surface area (Å²) in [6, 6.07) is -0.0567. The number of sulfonamides is 1. The van der Waals surface area contributed by atoms with Crippen LogP contribution < -0.4 is 4.72 Å². The van der Waals surface area contributed by atoms with Crippen LogP contribution in [0.4, 0.5) is 0 Å². The average molecular weight is 426 g/mol. The van der Waals surface area contributed by atoms with Crippen molar-refractivity contribution >= 4 is 15.9 Å². The Hall–Kier alpha value is -0.880. The predicted octanol–water partition coefficient (Wildman–Crippen LogP) is 4.95. The van der Waals surface area contributed by atoms with E-state index in [-0.39, 0.29) is 28.3 Å². The summed E-state index contributed by atoms with van der Waals surface area (Å²) in [5, 5.41) is 0. The maximum atomic E-state index is 12.8. The number of amidine groups is 1. The highest BCUT2D eigenvalue weighted by Gasteiger charge is 2.47. The molecule has 0 bridgehead atoms. The fourth-order valence-corrected chi connectivity index (χ4v) is 5.12. The topological polar surface area (TPSA) is 61.8 Å². The molecular formula is C23H43N3O2S. The number of nitrogens with one attached hydrogen (secondary N) is 1. The predicted molar refractivity (Wildman–Crippen MR) is 124 cm³/mol. The van der Waals surface area contributed by atoms with E-state index in [1.54, 1.807) is 20.8 Å². The largest absolute Gasteiger partial charge is 0.332 e. The van der Waals surface area contributed by atoms with E-state index in [2.05, 4.69) is 71.9 Å². The van der Waals surface area contributed by atoms with Gasteiger partial charge in [0, 0.05) is 30.1 Å². The first-order chi connectivity index (χ1) is 12.7. The Morgan fingerprint density at radius 1 is 0.897 bits per heavy atom. The van der Waals surface area contributed by atoms with Crippen molar-refractivity contribution in [1.29, 1.82) is 0 Å². The first-order valence-electron chi connectivity index (χ1n) is 10.8. The van der Waals surface area contributed by atoms with Gasteiger partial charge in [0.05, 0.1) is 10.8 Å². The van der Waals surface area contributed by atoms with Crippen molar-refractivity contribution in [1.82, 2.24) is 9.62 Å². The Kier molecular flexibility index (Phi) is 5.95. The summed E-state index contributed by atoms with van der Waals surface area (Å²) >= 11 is 0. The molecule has 0 aromatic heterocycles. The van der Waals surface area contributed by atoms with Gasteiger partial charge in [-0.3, -0.25) is 4.99 Å². The van der Waals surface area contributed by atoms with Crippen molar-refractivity contribution in [3.05, 3.63) is 11.3 Å². The standard InChI is InChI=1S/C23H43N3O2S/c1-20(2,3)17-16-13-15(25-29(27,28)23(10,11)12)14-26(16)19(22(7,8)9)24-18(17)21(4,5)6/h15,18,25H,13-14H2,1-12H3. The highest BCUT2D eigenvalue weighted by atomic mass is 32.2. The monoisotopic (exact) mass is 425 g/mol. The Morgan fingerprint density at radius 2 is 1.41 bits per heavy atom. The van der Waals surface area contributed by atoms with E-state index >= 15 is 0 Å². The van der Waals surface area contributed by atoms with E-state index in [9.17, 15) is 8.42 Å². The van der Waals surface area contributed by atoms with Crippen LogP contribution in [-0.4, -0.2) is 42.5 Å². The molecule has 2 atom stereocenters. The van der Waals surface area contributed by atoms with Crippen molar-refractivity contribution in [3.63, 3.8) is 0 Å². The highest BCUT2D eigenvalue weighted by Crippen LogP contribution is 2.47. The Bertz CT molecular complexity index is 810. The van der Waals surface area contributed by atoms with Crippen molar-refractivity contribution in [2.75, 3.05) is 6.54 Å². The van der Waals surface area contributed by atoms with Crippen LogP contribution in [0.15, 0.2) is 16.3 Å². The van der Waals surface area contributed by atoms with Crippen LogP contribution in [0.5, 0.6) is 0 Å². The van der Waals surface area contributed by atoms with E-state index in [1.807, 2.05) is 0 Å². The van der Waals surface area contributed by atoms with Crippen LogP contribution in [0.2, 0.25) is 0 Å². The first kappa shape index (κ1) is 24.4. The quantitative estimate of drug-likeness (QED) is 0.681. The SMILES string of the molecule is CC(C)(C)C1=NC(C(C)(C)C)C(C(C)(C)C)=C2CC(NS(=O)(=O)C(C)(C)C)CN12. The number of hydrogen-bond donors (Lipinski definition) is 1. The van der Waals surface area contributed by atoms with Gasteiger partial charge in [0.15, 0.2) is 0 Å². The Balaban J connectivity index is 2.60. The summed E-state index contributed by atoms with van der Waals surface area (Å²) in [6.07, 6.45) is 0.712. The molecule has 0 aromatic carbocycles. The van der Waals surface area contributed by atoms with Gasteiger partial charge in [-0.15, -0.1) is 0 Å². The molecule has 0 spiro atoms. The maximum absolute atomic E-state index is 12.8. The third kappa shape index (κ3) is 4.90. The molecule has 2 aliphatic heterocycles. The Labute approximate surface area is 179 Å². The Morgan fingerprint density at radius 3 is 1.79 bits per heavy atom. The van der Waals surface area contributed by atoms with E-state index in [0.717, 1.165) is 5.84 Å². The zero-order valence-electron chi connectivity index (χ0n) is 20.7. The molecule has 2 unspecified atom stereocenters. The van der Waals surface area contributed by atoms with Gasteiger partial charge in [-0.1, -0.05) is 62.3 Å². The van der Waals surface area contributed by atoms with E-state index in [4.69, 9.17) is 4.99 Å². The minimum atomic E-state index is -3.41. The third-order valence-electron chi connectivity index (χ3n) is 5.69. The van der Waals surface area contributed by atoms with E-state index in [0.29, 0.717) is 13.0 Å². The lowest BCUT2D eigenvalue weighted by molar-refractivity contribution is 0.285. The van der Waals surface area contributed by atoms with E-state index < -0.39 is 14.8 Å². The fraction of sp³-hybridized carbons (Fsp3) is 0.870. The van der Waals surface area contributed by atoms with Crippen LogP contribution in [0.25, 0.3) is 0 Å². The molecule has 1 fully saturated rings. The molecule has 2 rings (SSSR count). The summed E-state index contributed by atoms with van der Waals surface area (Å²) in [4.78, 5) is 7.61. The van der Waals surface area contributed by atoms with Gasteiger partial charge < -0.3 is 4.90 Å². The molecule has 0 aromatic rings. The number of nitrogens with zero attached hydrogens (tertiary/aromatic N) is 2. The molecule has 2 heterocycles. The molecule has 1 saturated heterocycles. The van der Waals surface area contributed by atoms with Crippen LogP contribution in [-0.2, 0) is 10.0 Å². The second-order valence-corrected chi connectivity index (χ2v) is 15.3. The van der Waals surface area contributed by atoms with Gasteiger partial charge in [0.2, 0.25) is 10.0 Å². The van der Waals surface area contributed by atoms with Crippen molar-refractivity contribution < 1.29 is 8.42 Å². The van der Waals surface area contributed by atoms with Crippen LogP contribution in [0.3, 0.4) is 0 Å². The molecular weight excluding hydrogens is 382 g/mol. The lowest BCUT2D eigenvalue weighted by Crippen LogP contribution is -2.48. The molecule has 0 aliphatic carbocycles. The summed E-state index contributed by atoms with van der Waals surface area (Å²) in [5.74, 6) is 1.07. The van der Waals surface area contributed by atoms with Crippen LogP contribution in [0.1, 0.15) is 89.5 Å². The molecule has 0 radical (unpaired) electrons. The van der Waals surface area contributed by atoms with Gasteiger partial charge in [0.25, 0.3) is 0 Å². The van der Waals surface area contributed by atoms with Gasteiger partial charge in [-0.25, -0.2) is 13.1 Å². The summed E-state index contributed by atoms with van der Waals surface area (Å²) in [7, 11) is -3.41. The second kappa shape index (κ2) is 7.08. The average Bonchev–Trinajstić information content (AvgIpc) is 2.82. The molecule has 2 aliphatic rings. The van der Waals surface area contributed by atoms with Crippen molar-refractivity contribution in [2.45, 2.75) is 106 Å². The van der Waals surface area contributed by atoms with Gasteiger partial charge in [0.1, 0.15) is 5.84 Å². The van der Waals surface area contributed by atoms with Gasteiger partial charge in [-0.2, -0.15) is 0 Å². The number of aliphatic imine (C=N–C) groups is 1. The molecule has 0 saturated carbocycles. The summed E-state index contributed by atoms with van der Waals surface area (Å²) in [6.45, 7) is 25.9. The molecule has 5 nitrogen and oxygen atoms in total. The number of hydrogen-bond acceptors (Lipinski definition) is 4. The zero-order valence-corrected chi connectivity index (χ0v) is 21.5. The minimum absolute atomic E-state index is 0.0127. The molecule has 1 N–H and O–H groups in total. The fourth-order valence-electron chi connectivity index (χ4n) is 4.17. The van der Waals surface area contributed by atoms with Gasteiger partial charge in [-0.05, 0) is 37.2 Å². The number of fused-ring (bicyclic) bond motifs is 1. The van der Waals surface area contributed by atoms with Crippen LogP contribution in [0, 0.1) is 16.2 Å². The smallest absolute Gasteiger partial charge is 0.216 e.